The van der Waals surface area contributed by atoms with Gasteiger partial charge in [0, 0.05) is 43.5 Å². The van der Waals surface area contributed by atoms with Crippen molar-refractivity contribution in [1.82, 2.24) is 20.4 Å². The van der Waals surface area contributed by atoms with Gasteiger partial charge in [0.15, 0.2) is 0 Å². The first-order valence-electron chi connectivity index (χ1n) is 7.01. The van der Waals surface area contributed by atoms with Gasteiger partial charge in [-0.05, 0) is 24.3 Å². The molecule has 22 heavy (non-hydrogen) atoms. The normalized spacial score (nSPS) is 20.4. The van der Waals surface area contributed by atoms with Crippen LogP contribution in [0.1, 0.15) is 10.4 Å². The first-order chi connectivity index (χ1) is 10.2. The zero-order valence-electron chi connectivity index (χ0n) is 12.0. The van der Waals surface area contributed by atoms with Crippen molar-refractivity contribution in [3.63, 3.8) is 0 Å². The summed E-state index contributed by atoms with van der Waals surface area (Å²) in [7, 11) is 0. The summed E-state index contributed by atoms with van der Waals surface area (Å²) < 4.78 is 1.71. The maximum absolute atomic E-state index is 12.2. The molecule has 0 radical (unpaired) electrons. The predicted molar refractivity (Wildman–Crippen MR) is 85.5 cm³/mol. The van der Waals surface area contributed by atoms with Crippen LogP contribution in [0.3, 0.4) is 0 Å². The number of β-amino-alcohol motifs (C(OH)–C–C–N with tert-alkyl or cyclic N) is 1. The summed E-state index contributed by atoms with van der Waals surface area (Å²) in [5.41, 5.74) is 1.43. The Balaban J connectivity index is 0.00000176. The summed E-state index contributed by atoms with van der Waals surface area (Å²) in [6.07, 6.45) is 3.14. The van der Waals surface area contributed by atoms with E-state index >= 15 is 0 Å². The van der Waals surface area contributed by atoms with Gasteiger partial charge in [-0.3, -0.25) is 4.79 Å². The van der Waals surface area contributed by atoms with Crippen molar-refractivity contribution >= 4 is 18.3 Å². The number of carbonyl (C=O) groups is 1. The third kappa shape index (κ3) is 3.65. The molecular formula is C15H19ClN4O2. The zero-order valence-corrected chi connectivity index (χ0v) is 12.8. The van der Waals surface area contributed by atoms with Gasteiger partial charge in [0.25, 0.3) is 5.91 Å². The molecule has 1 aromatic heterocycles. The van der Waals surface area contributed by atoms with E-state index in [-0.39, 0.29) is 30.3 Å². The van der Waals surface area contributed by atoms with E-state index < -0.39 is 0 Å². The highest BCUT2D eigenvalue weighted by molar-refractivity contribution is 5.94. The van der Waals surface area contributed by atoms with Crippen LogP contribution in [0.25, 0.3) is 5.69 Å². The second-order valence-electron chi connectivity index (χ2n) is 5.20. The largest absolute Gasteiger partial charge is 0.391 e. The summed E-state index contributed by atoms with van der Waals surface area (Å²) in [6, 6.07) is 9.13. The number of benzene rings is 1. The lowest BCUT2D eigenvalue weighted by molar-refractivity contribution is 0.0927. The molecule has 118 valence electrons. The summed E-state index contributed by atoms with van der Waals surface area (Å²) in [5.74, 6) is -0.0636. The fourth-order valence-electron chi connectivity index (χ4n) is 2.46. The SMILES string of the molecule is Cl.O=C(NCC1CNCC1O)c1cccc(-n2cccn2)c1. The minimum atomic E-state index is -0.388. The Morgan fingerprint density at radius 1 is 1.41 bits per heavy atom. The van der Waals surface area contributed by atoms with Crippen LogP contribution in [-0.4, -0.2) is 46.5 Å². The van der Waals surface area contributed by atoms with E-state index in [1.165, 1.54) is 0 Å². The Hall–Kier alpha value is -1.89. The van der Waals surface area contributed by atoms with Crippen molar-refractivity contribution in [3.8, 4) is 5.69 Å². The summed E-state index contributed by atoms with van der Waals surface area (Å²) in [4.78, 5) is 12.2. The Morgan fingerprint density at radius 2 is 2.27 bits per heavy atom. The lowest BCUT2D eigenvalue weighted by Crippen LogP contribution is -2.34. The number of aliphatic hydroxyl groups excluding tert-OH is 1. The number of halogens is 1. The maximum atomic E-state index is 12.2. The van der Waals surface area contributed by atoms with Gasteiger partial charge in [0.05, 0.1) is 11.8 Å². The van der Waals surface area contributed by atoms with Gasteiger partial charge in [0.2, 0.25) is 0 Å². The van der Waals surface area contributed by atoms with Gasteiger partial charge in [0.1, 0.15) is 0 Å². The Bertz CT molecular complexity index is 618. The number of carbonyl (C=O) groups excluding carboxylic acids is 1. The van der Waals surface area contributed by atoms with Crippen LogP contribution < -0.4 is 10.6 Å². The Kier molecular flexibility index (Phi) is 5.54. The van der Waals surface area contributed by atoms with Crippen molar-refractivity contribution in [1.29, 1.82) is 0 Å². The van der Waals surface area contributed by atoms with Crippen LogP contribution in [-0.2, 0) is 0 Å². The van der Waals surface area contributed by atoms with Crippen LogP contribution >= 0.6 is 12.4 Å². The fourth-order valence-corrected chi connectivity index (χ4v) is 2.46. The number of rotatable bonds is 4. The summed E-state index contributed by atoms with van der Waals surface area (Å²) in [6.45, 7) is 1.79. The molecule has 7 heteroatoms. The van der Waals surface area contributed by atoms with Crippen molar-refractivity contribution in [2.75, 3.05) is 19.6 Å². The van der Waals surface area contributed by atoms with E-state index in [1.54, 1.807) is 23.0 Å². The zero-order chi connectivity index (χ0) is 14.7. The van der Waals surface area contributed by atoms with Crippen molar-refractivity contribution in [2.24, 2.45) is 5.92 Å². The highest BCUT2D eigenvalue weighted by atomic mass is 35.5. The molecule has 0 spiro atoms. The van der Waals surface area contributed by atoms with Crippen LogP contribution in [0.15, 0.2) is 42.7 Å². The van der Waals surface area contributed by atoms with E-state index in [2.05, 4.69) is 15.7 Å². The second-order valence-corrected chi connectivity index (χ2v) is 5.20. The van der Waals surface area contributed by atoms with Gasteiger partial charge in [-0.25, -0.2) is 4.68 Å². The van der Waals surface area contributed by atoms with Gasteiger partial charge in [-0.1, -0.05) is 6.07 Å². The number of aromatic nitrogens is 2. The first kappa shape index (κ1) is 16.5. The molecule has 0 bridgehead atoms. The summed E-state index contributed by atoms with van der Waals surface area (Å²) >= 11 is 0. The number of nitrogens with one attached hydrogen (secondary N) is 2. The molecule has 2 unspecified atom stereocenters. The maximum Gasteiger partial charge on any atom is 0.251 e. The number of nitrogens with zero attached hydrogens (tertiary/aromatic N) is 2. The van der Waals surface area contributed by atoms with E-state index in [9.17, 15) is 9.90 Å². The first-order valence-corrected chi connectivity index (χ1v) is 7.01. The fraction of sp³-hybridized carbons (Fsp3) is 0.333. The molecule has 1 saturated heterocycles. The molecule has 2 aromatic rings. The lowest BCUT2D eigenvalue weighted by Gasteiger charge is -2.14. The third-order valence-corrected chi connectivity index (χ3v) is 3.71. The molecule has 1 amide bonds. The molecule has 1 fully saturated rings. The smallest absolute Gasteiger partial charge is 0.251 e. The predicted octanol–water partition coefficient (Wildman–Crippen LogP) is 0.604. The molecule has 3 N–H and O–H groups in total. The van der Waals surface area contributed by atoms with E-state index in [0.717, 1.165) is 12.2 Å². The van der Waals surface area contributed by atoms with E-state index in [0.29, 0.717) is 18.7 Å². The van der Waals surface area contributed by atoms with Crippen LogP contribution in [0.5, 0.6) is 0 Å². The molecular weight excluding hydrogens is 304 g/mol. The highest BCUT2D eigenvalue weighted by Gasteiger charge is 2.25. The van der Waals surface area contributed by atoms with E-state index in [4.69, 9.17) is 0 Å². The van der Waals surface area contributed by atoms with Gasteiger partial charge in [-0.2, -0.15) is 5.10 Å². The second kappa shape index (κ2) is 7.40. The molecule has 1 aliphatic heterocycles. The quantitative estimate of drug-likeness (QED) is 0.770. The third-order valence-electron chi connectivity index (χ3n) is 3.71. The number of aliphatic hydroxyl groups is 1. The molecule has 1 aromatic carbocycles. The van der Waals surface area contributed by atoms with Crippen molar-refractivity contribution in [2.45, 2.75) is 6.10 Å². The van der Waals surface area contributed by atoms with Crippen LogP contribution in [0.2, 0.25) is 0 Å². The van der Waals surface area contributed by atoms with Gasteiger partial charge >= 0.3 is 0 Å². The molecule has 2 atom stereocenters. The number of hydrogen-bond donors (Lipinski definition) is 3. The Labute approximate surface area is 134 Å². The number of amides is 1. The van der Waals surface area contributed by atoms with Crippen LogP contribution in [0, 0.1) is 5.92 Å². The monoisotopic (exact) mass is 322 g/mol. The van der Waals surface area contributed by atoms with E-state index in [1.807, 2.05) is 24.4 Å². The Morgan fingerprint density at radius 3 is 2.95 bits per heavy atom. The average molecular weight is 323 g/mol. The minimum absolute atomic E-state index is 0. The molecule has 1 aliphatic rings. The lowest BCUT2D eigenvalue weighted by atomic mass is 10.1. The molecule has 2 heterocycles. The molecule has 0 aliphatic carbocycles. The standard InChI is InChI=1S/C15H18N4O2.ClH/c20-14-10-16-8-12(14)9-17-15(21)11-3-1-4-13(7-11)19-6-2-5-18-19;/h1-7,12,14,16,20H,8-10H2,(H,17,21);1H. The van der Waals surface area contributed by atoms with Crippen molar-refractivity contribution < 1.29 is 9.90 Å². The van der Waals surface area contributed by atoms with Gasteiger partial charge in [-0.15, -0.1) is 12.4 Å². The van der Waals surface area contributed by atoms with Gasteiger partial charge < -0.3 is 15.7 Å². The molecule has 6 nitrogen and oxygen atoms in total. The molecule has 3 rings (SSSR count). The van der Waals surface area contributed by atoms with Crippen molar-refractivity contribution in [3.05, 3.63) is 48.3 Å². The molecule has 0 saturated carbocycles. The number of hydrogen-bond acceptors (Lipinski definition) is 4. The topological polar surface area (TPSA) is 79.2 Å². The minimum Gasteiger partial charge on any atom is -0.391 e. The van der Waals surface area contributed by atoms with Crippen LogP contribution in [0.4, 0.5) is 0 Å². The average Bonchev–Trinajstić information content (AvgIpc) is 3.16. The summed E-state index contributed by atoms with van der Waals surface area (Å²) in [5, 5.41) is 19.8. The highest BCUT2D eigenvalue weighted by Crippen LogP contribution is 2.11.